The third-order valence-electron chi connectivity index (χ3n) is 3.23. The van der Waals surface area contributed by atoms with Gasteiger partial charge in [-0.3, -0.25) is 4.72 Å². The quantitative estimate of drug-likeness (QED) is 0.933. The minimum atomic E-state index is -3.53. The van der Waals surface area contributed by atoms with Crippen molar-refractivity contribution in [3.63, 3.8) is 0 Å². The molecule has 0 saturated heterocycles. The maximum Gasteiger partial charge on any atom is 0.262 e. The fourth-order valence-electron chi connectivity index (χ4n) is 2.12. The molecule has 0 aromatic heterocycles. The number of hydrogen-bond acceptors (Lipinski definition) is 2. The SMILES string of the molecule is CCc1ccc(NS(=O)(=O)c2ccc(C)cc2C)cc1. The number of hydrogen-bond donors (Lipinski definition) is 1. The van der Waals surface area contributed by atoms with Crippen LogP contribution in [0, 0.1) is 13.8 Å². The van der Waals surface area contributed by atoms with Crippen molar-refractivity contribution in [1.29, 1.82) is 0 Å². The summed E-state index contributed by atoms with van der Waals surface area (Å²) < 4.78 is 27.4. The minimum absolute atomic E-state index is 0.322. The van der Waals surface area contributed by atoms with Gasteiger partial charge < -0.3 is 0 Å². The van der Waals surface area contributed by atoms with Crippen LogP contribution in [0.4, 0.5) is 5.69 Å². The largest absolute Gasteiger partial charge is 0.280 e. The molecule has 20 heavy (non-hydrogen) atoms. The molecule has 0 amide bonds. The van der Waals surface area contributed by atoms with Crippen molar-refractivity contribution < 1.29 is 8.42 Å². The smallest absolute Gasteiger partial charge is 0.262 e. The first-order valence-electron chi connectivity index (χ1n) is 6.61. The summed E-state index contributed by atoms with van der Waals surface area (Å²) in [6, 6.07) is 12.8. The van der Waals surface area contributed by atoms with E-state index in [-0.39, 0.29) is 0 Å². The summed E-state index contributed by atoms with van der Waals surface area (Å²) in [5.41, 5.74) is 3.57. The number of aryl methyl sites for hydroxylation is 3. The molecule has 0 unspecified atom stereocenters. The van der Waals surface area contributed by atoms with E-state index in [0.29, 0.717) is 10.6 Å². The highest BCUT2D eigenvalue weighted by molar-refractivity contribution is 7.92. The minimum Gasteiger partial charge on any atom is -0.280 e. The first-order valence-corrected chi connectivity index (χ1v) is 8.09. The van der Waals surface area contributed by atoms with Crippen LogP contribution in [0.1, 0.15) is 23.6 Å². The molecule has 0 heterocycles. The highest BCUT2D eigenvalue weighted by atomic mass is 32.2. The zero-order chi connectivity index (χ0) is 14.8. The highest BCUT2D eigenvalue weighted by Crippen LogP contribution is 2.20. The van der Waals surface area contributed by atoms with E-state index in [1.807, 2.05) is 38.1 Å². The van der Waals surface area contributed by atoms with Crippen molar-refractivity contribution in [3.05, 3.63) is 59.2 Å². The van der Waals surface area contributed by atoms with Crippen molar-refractivity contribution in [2.45, 2.75) is 32.1 Å². The van der Waals surface area contributed by atoms with Crippen LogP contribution in [-0.4, -0.2) is 8.42 Å². The molecule has 2 rings (SSSR count). The molecule has 0 atom stereocenters. The van der Waals surface area contributed by atoms with E-state index in [9.17, 15) is 8.42 Å². The molecule has 0 aliphatic heterocycles. The number of sulfonamides is 1. The van der Waals surface area contributed by atoms with E-state index in [4.69, 9.17) is 0 Å². The van der Waals surface area contributed by atoms with E-state index in [1.165, 1.54) is 5.56 Å². The Bertz CT molecular complexity index is 704. The maximum atomic E-state index is 12.4. The monoisotopic (exact) mass is 289 g/mol. The van der Waals surface area contributed by atoms with Gasteiger partial charge in [0.15, 0.2) is 0 Å². The average Bonchev–Trinajstić information content (AvgIpc) is 2.38. The Hall–Kier alpha value is -1.81. The van der Waals surface area contributed by atoms with Crippen molar-refractivity contribution in [3.8, 4) is 0 Å². The van der Waals surface area contributed by atoms with Gasteiger partial charge >= 0.3 is 0 Å². The molecule has 3 nitrogen and oxygen atoms in total. The fraction of sp³-hybridized carbons (Fsp3) is 0.250. The number of benzene rings is 2. The molecule has 0 radical (unpaired) electrons. The van der Waals surface area contributed by atoms with Gasteiger partial charge in [-0.15, -0.1) is 0 Å². The van der Waals surface area contributed by atoms with Gasteiger partial charge in [0.25, 0.3) is 10.0 Å². The van der Waals surface area contributed by atoms with Gasteiger partial charge in [-0.1, -0.05) is 36.8 Å². The van der Waals surface area contributed by atoms with Crippen LogP contribution in [-0.2, 0) is 16.4 Å². The second kappa shape index (κ2) is 5.67. The Labute approximate surface area is 120 Å². The van der Waals surface area contributed by atoms with E-state index in [0.717, 1.165) is 17.5 Å². The van der Waals surface area contributed by atoms with Crippen LogP contribution in [0.3, 0.4) is 0 Å². The number of rotatable bonds is 4. The van der Waals surface area contributed by atoms with Gasteiger partial charge in [0, 0.05) is 5.69 Å². The number of nitrogens with one attached hydrogen (secondary N) is 1. The topological polar surface area (TPSA) is 46.2 Å². The summed E-state index contributed by atoms with van der Waals surface area (Å²) in [5.74, 6) is 0. The summed E-state index contributed by atoms with van der Waals surface area (Å²) >= 11 is 0. The Balaban J connectivity index is 2.30. The zero-order valence-corrected chi connectivity index (χ0v) is 12.8. The summed E-state index contributed by atoms with van der Waals surface area (Å²) in [6.07, 6.45) is 0.935. The molecule has 0 aliphatic carbocycles. The van der Waals surface area contributed by atoms with Gasteiger partial charge in [0.05, 0.1) is 4.90 Å². The summed E-state index contributed by atoms with van der Waals surface area (Å²) in [4.78, 5) is 0.322. The second-order valence-electron chi connectivity index (χ2n) is 4.92. The first kappa shape index (κ1) is 14.6. The predicted molar refractivity (Wildman–Crippen MR) is 82.5 cm³/mol. The average molecular weight is 289 g/mol. The molecular formula is C16H19NO2S. The third kappa shape index (κ3) is 3.20. The van der Waals surface area contributed by atoms with Gasteiger partial charge in [-0.05, 0) is 49.6 Å². The molecule has 1 N–H and O–H groups in total. The van der Waals surface area contributed by atoms with Crippen LogP contribution >= 0.6 is 0 Å². The molecule has 0 spiro atoms. The van der Waals surface area contributed by atoms with Gasteiger partial charge in [0.2, 0.25) is 0 Å². The summed E-state index contributed by atoms with van der Waals surface area (Å²) in [5, 5.41) is 0. The normalized spacial score (nSPS) is 11.3. The standard InChI is InChI=1S/C16H19NO2S/c1-4-14-6-8-15(9-7-14)17-20(18,19)16-10-5-12(2)11-13(16)3/h5-11,17H,4H2,1-3H3. The van der Waals surface area contributed by atoms with Crippen LogP contribution in [0.15, 0.2) is 47.4 Å². The van der Waals surface area contributed by atoms with Crippen molar-refractivity contribution in [1.82, 2.24) is 0 Å². The highest BCUT2D eigenvalue weighted by Gasteiger charge is 2.16. The van der Waals surface area contributed by atoms with E-state index in [2.05, 4.69) is 11.6 Å². The van der Waals surface area contributed by atoms with Crippen LogP contribution in [0.2, 0.25) is 0 Å². The fourth-order valence-corrected chi connectivity index (χ4v) is 3.41. The van der Waals surface area contributed by atoms with Crippen LogP contribution in [0.25, 0.3) is 0 Å². The molecule has 2 aromatic rings. The molecule has 0 bridgehead atoms. The van der Waals surface area contributed by atoms with E-state index >= 15 is 0 Å². The molecule has 0 fully saturated rings. The first-order chi connectivity index (χ1) is 9.42. The van der Waals surface area contributed by atoms with Gasteiger partial charge in [0.1, 0.15) is 0 Å². The van der Waals surface area contributed by atoms with Gasteiger partial charge in [-0.25, -0.2) is 8.42 Å². The third-order valence-corrected chi connectivity index (χ3v) is 4.78. The second-order valence-corrected chi connectivity index (χ2v) is 6.58. The molecule has 0 saturated carbocycles. The Morgan fingerprint density at radius 3 is 2.20 bits per heavy atom. The Morgan fingerprint density at radius 2 is 1.65 bits per heavy atom. The van der Waals surface area contributed by atoms with Crippen LogP contribution in [0.5, 0.6) is 0 Å². The lowest BCUT2D eigenvalue weighted by molar-refractivity contribution is 0.600. The van der Waals surface area contributed by atoms with Crippen molar-refractivity contribution in [2.24, 2.45) is 0 Å². The number of anilines is 1. The predicted octanol–water partition coefficient (Wildman–Crippen LogP) is 3.67. The molecule has 106 valence electrons. The molecule has 2 aromatic carbocycles. The Kier molecular flexibility index (Phi) is 4.14. The van der Waals surface area contributed by atoms with Crippen molar-refractivity contribution >= 4 is 15.7 Å². The summed E-state index contributed by atoms with van der Waals surface area (Å²) in [6.45, 7) is 5.82. The lowest BCUT2D eigenvalue weighted by Crippen LogP contribution is -2.14. The molecule has 4 heteroatoms. The maximum absolute atomic E-state index is 12.4. The lowest BCUT2D eigenvalue weighted by Gasteiger charge is -2.11. The van der Waals surface area contributed by atoms with Crippen LogP contribution < -0.4 is 4.72 Å². The molecule has 0 aliphatic rings. The molecular weight excluding hydrogens is 270 g/mol. The zero-order valence-electron chi connectivity index (χ0n) is 12.0. The van der Waals surface area contributed by atoms with Crippen molar-refractivity contribution in [2.75, 3.05) is 4.72 Å². The lowest BCUT2D eigenvalue weighted by atomic mass is 10.2. The van der Waals surface area contributed by atoms with Gasteiger partial charge in [-0.2, -0.15) is 0 Å². The summed E-state index contributed by atoms with van der Waals surface area (Å²) in [7, 11) is -3.53. The van der Waals surface area contributed by atoms with E-state index < -0.39 is 10.0 Å². The van der Waals surface area contributed by atoms with E-state index in [1.54, 1.807) is 18.2 Å². The Morgan fingerprint density at radius 1 is 1.00 bits per heavy atom.